The van der Waals surface area contributed by atoms with Gasteiger partial charge in [-0.25, -0.2) is 0 Å². The number of carbonyl (C=O) groups is 1. The van der Waals surface area contributed by atoms with Crippen molar-refractivity contribution in [3.05, 3.63) is 36.0 Å². The molecule has 22 heterocycles. The molecule has 0 spiro atoms. The van der Waals surface area contributed by atoms with E-state index in [1.807, 2.05) is 0 Å². The number of nitrogens with one attached hydrogen (secondary N) is 2. The van der Waals surface area contributed by atoms with Gasteiger partial charge in [0.15, 0.2) is 44.0 Å². The Morgan fingerprint density at radius 1 is 0.363 bits per heavy atom. The summed E-state index contributed by atoms with van der Waals surface area (Å²) < 4.78 is 81.4. The second kappa shape index (κ2) is 30.1. The van der Waals surface area contributed by atoms with Crippen LogP contribution in [0.15, 0.2) is 30.5 Å². The van der Waals surface area contributed by atoms with Crippen molar-refractivity contribution in [1.29, 1.82) is 0 Å². The Morgan fingerprint density at radius 3 is 0.857 bits per heavy atom. The van der Waals surface area contributed by atoms with Gasteiger partial charge in [0.2, 0.25) is 0 Å². The van der Waals surface area contributed by atoms with Crippen LogP contribution in [0.1, 0.15) is 5.56 Å². The first-order valence-corrected chi connectivity index (χ1v) is 29.3. The molecule has 2 aromatic rings. The van der Waals surface area contributed by atoms with Gasteiger partial charge in [-0.1, -0.05) is 18.2 Å². The third-order valence-electron chi connectivity index (χ3n) is 17.6. The highest BCUT2D eigenvalue weighted by Crippen LogP contribution is 2.39. The molecule has 23 rings (SSSR count). The molecular formula is C53H80N2O36. The van der Waals surface area contributed by atoms with Crippen molar-refractivity contribution < 1.29 is 178 Å². The van der Waals surface area contributed by atoms with E-state index >= 15 is 0 Å². The van der Waals surface area contributed by atoms with E-state index < -0.39 is 273 Å². The lowest BCUT2D eigenvalue weighted by molar-refractivity contribution is -0.396. The number of aromatic nitrogens is 1. The molecule has 0 aliphatic carbocycles. The number of carboxylic acids is 1. The summed E-state index contributed by atoms with van der Waals surface area (Å²) in [5.41, 5.74) is 1.22. The van der Waals surface area contributed by atoms with Crippen molar-refractivity contribution in [2.24, 2.45) is 0 Å². The van der Waals surface area contributed by atoms with E-state index in [1.54, 1.807) is 30.5 Å². The lowest BCUT2D eigenvalue weighted by Crippen LogP contribution is -2.68. The predicted octanol–water partition coefficient (Wildman–Crippen LogP) is -13.5. The summed E-state index contributed by atoms with van der Waals surface area (Å²) in [5, 5.41) is 239. The second-order valence-corrected chi connectivity index (χ2v) is 23.3. The molecule has 91 heavy (non-hydrogen) atoms. The zero-order chi connectivity index (χ0) is 65.6. The van der Waals surface area contributed by atoms with Gasteiger partial charge < -0.3 is 184 Å². The fourth-order valence-electron chi connectivity index (χ4n) is 12.5. The molecule has 518 valence electrons. The highest BCUT2D eigenvalue weighted by atomic mass is 16.8. The zero-order valence-electron chi connectivity index (χ0n) is 47.8. The van der Waals surface area contributed by atoms with Crippen LogP contribution >= 0.6 is 0 Å². The molecule has 36 atom stereocenters. The smallest absolute Gasteiger partial charge is 0.321 e. The van der Waals surface area contributed by atoms with Crippen LogP contribution in [0, 0.1) is 0 Å². The van der Waals surface area contributed by atoms with E-state index in [0.717, 1.165) is 0 Å². The van der Waals surface area contributed by atoms with Crippen molar-refractivity contribution in [2.45, 2.75) is 227 Å². The van der Waals surface area contributed by atoms with Crippen molar-refractivity contribution in [3.8, 4) is 0 Å². The molecule has 21 aliphatic heterocycles. The number of hydrogen-bond donors (Lipinski definition) is 23. The second-order valence-electron chi connectivity index (χ2n) is 23.3. The number of aliphatic carboxylic acids is 1. The fraction of sp³-hybridized carbons (Fsp3) is 0.830. The highest BCUT2D eigenvalue weighted by molar-refractivity contribution is 5.84. The number of rotatable bonds is 12. The zero-order valence-corrected chi connectivity index (χ0v) is 47.8. The molecule has 38 nitrogen and oxygen atoms in total. The molecule has 0 amide bonds. The summed E-state index contributed by atoms with van der Waals surface area (Å²) in [6.07, 6.45) is -70.5. The Balaban J connectivity index is 0.952. The van der Waals surface area contributed by atoms with E-state index in [9.17, 15) is 112 Å². The van der Waals surface area contributed by atoms with Crippen LogP contribution in [-0.2, 0) is 77.5 Å². The van der Waals surface area contributed by atoms with Crippen molar-refractivity contribution in [1.82, 2.24) is 10.3 Å². The minimum absolute atomic E-state index is 0.177. The van der Waals surface area contributed by atoms with Crippen molar-refractivity contribution in [2.75, 3.05) is 46.2 Å². The van der Waals surface area contributed by atoms with Gasteiger partial charge in [-0.3, -0.25) is 4.79 Å². The molecule has 1 aromatic heterocycles. The fourth-order valence-corrected chi connectivity index (χ4v) is 12.5. The van der Waals surface area contributed by atoms with Gasteiger partial charge in [-0.15, -0.1) is 0 Å². The van der Waals surface area contributed by atoms with Crippen LogP contribution < -0.4 is 5.32 Å². The number of para-hydroxylation sites is 1. The molecule has 23 N–H and O–H groups in total. The SMILES string of the molecule is O=C(O)[C@H](Cc1c[nH]c2ccccc12)NC[C@H]1O[C@@H]2O[C@H]3[C@H](O)[C@@H](O)[C@@H](O[C@H]4[C@H](O)[C@@H](O)[C@@H](O[C@H]5[C@H](O)[C@@H](O)[C@@H](O[C@H]6[C@H](O)[C@@H](O)[C@@H](O[C@H]7[C@H](O)[C@@H](O)[C@@H](O[C@H]8[C@H](O)[C@@H](O)[C@@H](O[C@H]1[C@H](O)[C@H]2O)O[C@@H]8CO)O[C@@H]7CO)O[C@@H]6CO)O[C@@H]5CO)O[C@@H]4CO)O[C@@H]3CO. The van der Waals surface area contributed by atoms with Gasteiger partial charge in [-0.05, 0) is 11.6 Å². The number of aromatic amines is 1. The van der Waals surface area contributed by atoms with Crippen LogP contribution in [-0.4, -0.2) is 385 Å². The van der Waals surface area contributed by atoms with Crippen LogP contribution in [0.25, 0.3) is 10.9 Å². The lowest BCUT2D eigenvalue weighted by Gasteiger charge is -2.50. The van der Waals surface area contributed by atoms with Gasteiger partial charge in [0.25, 0.3) is 0 Å². The van der Waals surface area contributed by atoms with Crippen LogP contribution in [0.4, 0.5) is 0 Å². The summed E-state index contributed by atoms with van der Waals surface area (Å²) in [6, 6.07) is 5.53. The number of aliphatic hydroxyl groups excluding tert-OH is 20. The van der Waals surface area contributed by atoms with Crippen molar-refractivity contribution in [3.63, 3.8) is 0 Å². The first kappa shape index (κ1) is 70.6. The number of aliphatic hydroxyl groups is 20. The number of carboxylic acid groups (broad SMARTS) is 1. The van der Waals surface area contributed by atoms with E-state index in [-0.39, 0.29) is 6.42 Å². The Bertz CT molecular complexity index is 2620. The number of ether oxygens (including phenoxy) is 14. The van der Waals surface area contributed by atoms with E-state index in [4.69, 9.17) is 66.3 Å². The van der Waals surface area contributed by atoms with Gasteiger partial charge in [-0.2, -0.15) is 0 Å². The van der Waals surface area contributed by atoms with Gasteiger partial charge >= 0.3 is 5.97 Å². The minimum atomic E-state index is -2.29. The summed E-state index contributed by atoms with van der Waals surface area (Å²) >= 11 is 0. The normalized spacial score (nSPS) is 49.0. The molecule has 0 unspecified atom stereocenters. The largest absolute Gasteiger partial charge is 0.480 e. The molecule has 21 aliphatic rings. The lowest BCUT2D eigenvalue weighted by atomic mass is 9.95. The minimum Gasteiger partial charge on any atom is -0.480 e. The summed E-state index contributed by atoms with van der Waals surface area (Å²) in [5.74, 6) is -1.39. The molecule has 1 aromatic carbocycles. The van der Waals surface area contributed by atoms with E-state index in [2.05, 4.69) is 10.3 Å². The summed E-state index contributed by atoms with van der Waals surface area (Å²) in [7, 11) is 0. The van der Waals surface area contributed by atoms with Gasteiger partial charge in [0.1, 0.15) is 177 Å². The monoisotopic (exact) mass is 1320 g/mol. The first-order chi connectivity index (χ1) is 43.5. The van der Waals surface area contributed by atoms with Crippen molar-refractivity contribution >= 4 is 16.9 Å². The average Bonchev–Trinajstić information content (AvgIpc) is 2.17. The quantitative estimate of drug-likeness (QED) is 0.0938. The standard InChI is InChI=1S/C53H80N2O36/c56-8-19-40-27(64)34(71)49(80-19)88-42-21(10-58)82-51(36(73)29(42)66)90-44-23(12-60)84-53(38(75)31(44)68)91-45-24(13-61)83-52(37(74)30(45)67)89-43-22(11-59)81-50(35(72)28(43)65)87-41-20(9-57)79-48(33(70)26(41)63)85-39-18(78-47(86-40)32(69)25(39)62)7-55-17(46(76)77)5-14-6-54-16-4-2-1-3-15(14)16/h1-4,6,17-45,47-75H,5,7-13H2,(H,76,77)/t17-,18+,19+,20+,21+,22+,23+,24+,25+,26+,27+,28+,29+,30+,31+,32+,33+,34+,35+,36+,37+,38+,39+,40+,41+,42+,43+,44+,45+,47+,48+,49+,50+,51+,52+,53+/m0/s1. The third-order valence-corrected chi connectivity index (χ3v) is 17.6. The van der Waals surface area contributed by atoms with E-state index in [1.165, 1.54) is 0 Å². The predicted molar refractivity (Wildman–Crippen MR) is 283 cm³/mol. The van der Waals surface area contributed by atoms with Gasteiger partial charge in [0, 0.05) is 30.1 Å². The average molecular weight is 1320 g/mol. The van der Waals surface area contributed by atoms with E-state index in [0.29, 0.717) is 16.5 Å². The highest BCUT2D eigenvalue weighted by Gasteiger charge is 2.60. The Kier molecular flexibility index (Phi) is 23.3. The molecule has 21 saturated heterocycles. The molecular weight excluding hydrogens is 1240 g/mol. The maximum Gasteiger partial charge on any atom is 0.321 e. The van der Waals surface area contributed by atoms with Gasteiger partial charge in [0.05, 0.1) is 39.6 Å². The maximum atomic E-state index is 12.9. The first-order valence-electron chi connectivity index (χ1n) is 29.3. The van der Waals surface area contributed by atoms with Crippen LogP contribution in [0.3, 0.4) is 0 Å². The molecule has 0 saturated carbocycles. The number of H-pyrrole nitrogens is 1. The molecule has 0 radical (unpaired) electrons. The number of hydrogen-bond acceptors (Lipinski definition) is 36. The van der Waals surface area contributed by atoms with Crippen LogP contribution in [0.5, 0.6) is 0 Å². The number of fused-ring (bicyclic) bond motifs is 1. The summed E-state index contributed by atoms with van der Waals surface area (Å²) in [6.45, 7) is -7.11. The number of benzene rings is 1. The third kappa shape index (κ3) is 14.2. The topological polar surface area (TPSA) is 599 Å². The summed E-state index contributed by atoms with van der Waals surface area (Å²) in [4.78, 5) is 15.9. The molecule has 21 fully saturated rings. The Labute approximate surface area is 514 Å². The Hall–Kier alpha value is -3.17. The molecule has 14 bridgehead atoms. The Morgan fingerprint density at radius 2 is 0.604 bits per heavy atom. The molecule has 38 heteroatoms. The van der Waals surface area contributed by atoms with Crippen LogP contribution in [0.2, 0.25) is 0 Å². The maximum absolute atomic E-state index is 12.9.